The number of imidazole rings is 1. The van der Waals surface area contributed by atoms with E-state index in [9.17, 15) is 13.2 Å². The minimum atomic E-state index is -3.79. The van der Waals surface area contributed by atoms with Crippen LogP contribution >= 0.6 is 0 Å². The average Bonchev–Trinajstić information content (AvgIpc) is 3.14. The summed E-state index contributed by atoms with van der Waals surface area (Å²) in [6.07, 6.45) is 2.63. The number of pyridine rings is 1. The Morgan fingerprint density at radius 3 is 2.55 bits per heavy atom. The number of primary sulfonamides is 1. The predicted molar refractivity (Wildman–Crippen MR) is 118 cm³/mol. The van der Waals surface area contributed by atoms with Gasteiger partial charge < -0.3 is 14.4 Å². The number of fused-ring (bicyclic) bond motifs is 1. The highest BCUT2D eigenvalue weighted by Gasteiger charge is 2.22. The fraction of sp³-hybridized carbons (Fsp3) is 0.381. The molecule has 0 bridgehead atoms. The van der Waals surface area contributed by atoms with E-state index in [1.165, 1.54) is 12.1 Å². The molecule has 1 saturated heterocycles. The lowest BCUT2D eigenvalue weighted by atomic mass is 10.2. The maximum Gasteiger partial charge on any atom is 0.238 e. The Hall–Kier alpha value is -2.98. The maximum absolute atomic E-state index is 12.8. The first-order valence-corrected chi connectivity index (χ1v) is 11.9. The predicted octanol–water partition coefficient (Wildman–Crippen LogP) is 1.38. The summed E-state index contributed by atoms with van der Waals surface area (Å²) < 4.78 is 25.3. The van der Waals surface area contributed by atoms with E-state index in [1.807, 2.05) is 34.6 Å². The van der Waals surface area contributed by atoms with Gasteiger partial charge in [0.2, 0.25) is 15.9 Å². The molecule has 4 rings (SSSR count). The molecule has 3 heterocycles. The van der Waals surface area contributed by atoms with Crippen molar-refractivity contribution in [2.24, 2.45) is 5.14 Å². The van der Waals surface area contributed by atoms with Crippen molar-refractivity contribution in [3.05, 3.63) is 48.4 Å². The van der Waals surface area contributed by atoms with Crippen LogP contribution in [0.1, 0.15) is 19.2 Å². The first-order valence-electron chi connectivity index (χ1n) is 10.3. The number of piperazine rings is 1. The molecule has 2 aromatic heterocycles. The van der Waals surface area contributed by atoms with Crippen LogP contribution in [0.25, 0.3) is 11.0 Å². The molecular formula is C21H26N6O3S. The van der Waals surface area contributed by atoms with Crippen molar-refractivity contribution in [2.45, 2.75) is 31.2 Å². The molecule has 2 N–H and O–H groups in total. The Morgan fingerprint density at radius 2 is 1.90 bits per heavy atom. The summed E-state index contributed by atoms with van der Waals surface area (Å²) in [5.41, 5.74) is 1.40. The molecule has 0 atom stereocenters. The van der Waals surface area contributed by atoms with Crippen molar-refractivity contribution in [3.63, 3.8) is 0 Å². The summed E-state index contributed by atoms with van der Waals surface area (Å²) in [7, 11) is -3.79. The molecule has 31 heavy (non-hydrogen) atoms. The molecule has 0 saturated carbocycles. The summed E-state index contributed by atoms with van der Waals surface area (Å²) in [4.78, 5) is 25.8. The molecule has 3 aromatic rings. The third kappa shape index (κ3) is 4.54. The molecule has 0 radical (unpaired) electrons. The normalized spacial score (nSPS) is 14.9. The molecular weight excluding hydrogens is 416 g/mol. The lowest BCUT2D eigenvalue weighted by molar-refractivity contribution is -0.131. The molecule has 9 nitrogen and oxygen atoms in total. The number of carbonyl (C=O) groups excluding carboxylic acids is 1. The lowest BCUT2D eigenvalue weighted by Gasteiger charge is -2.35. The number of amides is 1. The fourth-order valence-corrected chi connectivity index (χ4v) is 4.52. The van der Waals surface area contributed by atoms with Crippen LogP contribution in [-0.4, -0.2) is 59.9 Å². The van der Waals surface area contributed by atoms with Gasteiger partial charge in [0, 0.05) is 51.8 Å². The van der Waals surface area contributed by atoms with Gasteiger partial charge in [-0.2, -0.15) is 0 Å². The Balaban J connectivity index is 1.41. The van der Waals surface area contributed by atoms with Gasteiger partial charge in [-0.25, -0.2) is 23.5 Å². The van der Waals surface area contributed by atoms with E-state index in [2.05, 4.69) is 14.9 Å². The fourth-order valence-electron chi connectivity index (χ4n) is 3.98. The number of benzene rings is 1. The van der Waals surface area contributed by atoms with Crippen LogP contribution < -0.4 is 10.0 Å². The Bertz CT molecular complexity index is 1180. The van der Waals surface area contributed by atoms with E-state index >= 15 is 0 Å². The van der Waals surface area contributed by atoms with Crippen molar-refractivity contribution in [3.8, 4) is 0 Å². The number of anilines is 1. The van der Waals surface area contributed by atoms with Crippen LogP contribution in [0, 0.1) is 0 Å². The largest absolute Gasteiger partial charge is 0.353 e. The Labute approximate surface area is 181 Å². The van der Waals surface area contributed by atoms with E-state index in [-0.39, 0.29) is 10.8 Å². The molecule has 1 fully saturated rings. The van der Waals surface area contributed by atoms with Crippen molar-refractivity contribution in [1.82, 2.24) is 19.4 Å². The smallest absolute Gasteiger partial charge is 0.238 e. The third-order valence-electron chi connectivity index (χ3n) is 5.61. The molecule has 0 unspecified atom stereocenters. The molecule has 10 heteroatoms. The number of aryl methyl sites for hydroxylation is 2. The number of nitrogens with two attached hydrogens (primary N) is 1. The average molecular weight is 443 g/mol. The van der Waals surface area contributed by atoms with Crippen molar-refractivity contribution in [2.75, 3.05) is 31.1 Å². The van der Waals surface area contributed by atoms with Gasteiger partial charge in [-0.3, -0.25) is 4.79 Å². The van der Waals surface area contributed by atoms with Gasteiger partial charge in [-0.05, 0) is 37.3 Å². The standard InChI is InChI=1S/C21H26N6O3S/c1-2-27-18-7-6-16(31(22,29)30)15-17(18)24-20(27)8-9-21(28)26-13-11-25(12-14-26)19-5-3-4-10-23-19/h3-7,10,15H,2,8-9,11-14H2,1H3,(H2,22,29,30). The maximum atomic E-state index is 12.8. The molecule has 1 amide bonds. The number of carbonyl (C=O) groups is 1. The van der Waals surface area contributed by atoms with Gasteiger partial charge in [0.05, 0.1) is 15.9 Å². The highest BCUT2D eigenvalue weighted by Crippen LogP contribution is 2.21. The second kappa shape index (κ2) is 8.64. The van der Waals surface area contributed by atoms with Crippen molar-refractivity contribution < 1.29 is 13.2 Å². The topological polar surface area (TPSA) is 114 Å². The number of nitrogens with zero attached hydrogens (tertiary/aromatic N) is 5. The zero-order valence-corrected chi connectivity index (χ0v) is 18.3. The van der Waals surface area contributed by atoms with E-state index in [0.29, 0.717) is 38.0 Å². The van der Waals surface area contributed by atoms with Crippen molar-refractivity contribution in [1.29, 1.82) is 0 Å². The van der Waals surface area contributed by atoms with Gasteiger partial charge in [0.15, 0.2) is 0 Å². The first kappa shape index (κ1) is 21.3. The summed E-state index contributed by atoms with van der Waals surface area (Å²) in [6.45, 7) is 5.52. The van der Waals surface area contributed by atoms with E-state index in [4.69, 9.17) is 5.14 Å². The van der Waals surface area contributed by atoms with Gasteiger partial charge >= 0.3 is 0 Å². The van der Waals surface area contributed by atoms with Crippen LogP contribution in [0.4, 0.5) is 5.82 Å². The molecule has 164 valence electrons. The zero-order valence-electron chi connectivity index (χ0n) is 17.4. The second-order valence-electron chi connectivity index (χ2n) is 7.52. The summed E-state index contributed by atoms with van der Waals surface area (Å²) in [5, 5.41) is 5.23. The number of rotatable bonds is 6. The van der Waals surface area contributed by atoms with E-state index < -0.39 is 10.0 Å². The summed E-state index contributed by atoms with van der Waals surface area (Å²) in [6, 6.07) is 10.5. The van der Waals surface area contributed by atoms with Crippen LogP contribution in [0.15, 0.2) is 47.5 Å². The minimum Gasteiger partial charge on any atom is -0.353 e. The van der Waals surface area contributed by atoms with Crippen LogP contribution in [0.3, 0.4) is 0 Å². The Morgan fingerprint density at radius 1 is 1.13 bits per heavy atom. The first-order chi connectivity index (χ1) is 14.9. The van der Waals surface area contributed by atoms with Gasteiger partial charge in [0.1, 0.15) is 11.6 Å². The monoisotopic (exact) mass is 442 g/mol. The van der Waals surface area contributed by atoms with Crippen molar-refractivity contribution >= 4 is 32.8 Å². The van der Waals surface area contributed by atoms with Crippen LogP contribution in [-0.2, 0) is 27.8 Å². The van der Waals surface area contributed by atoms with E-state index in [0.717, 1.165) is 30.2 Å². The Kier molecular flexibility index (Phi) is 5.92. The summed E-state index contributed by atoms with van der Waals surface area (Å²) in [5.74, 6) is 1.80. The minimum absolute atomic E-state index is 0.0363. The highest BCUT2D eigenvalue weighted by atomic mass is 32.2. The quantitative estimate of drug-likeness (QED) is 0.617. The van der Waals surface area contributed by atoms with Gasteiger partial charge in [-0.15, -0.1) is 0 Å². The zero-order chi connectivity index (χ0) is 22.0. The molecule has 1 aromatic carbocycles. The number of sulfonamides is 1. The van der Waals surface area contributed by atoms with Crippen LogP contribution in [0.2, 0.25) is 0 Å². The van der Waals surface area contributed by atoms with Crippen LogP contribution in [0.5, 0.6) is 0 Å². The highest BCUT2D eigenvalue weighted by molar-refractivity contribution is 7.89. The lowest BCUT2D eigenvalue weighted by Crippen LogP contribution is -2.49. The summed E-state index contributed by atoms with van der Waals surface area (Å²) >= 11 is 0. The number of hydrogen-bond acceptors (Lipinski definition) is 6. The number of aromatic nitrogens is 3. The van der Waals surface area contributed by atoms with E-state index in [1.54, 1.807) is 12.3 Å². The van der Waals surface area contributed by atoms with Gasteiger partial charge in [-0.1, -0.05) is 6.07 Å². The SMILES string of the molecule is CCn1c(CCC(=O)N2CCN(c3ccccn3)CC2)nc2cc(S(N)(=O)=O)ccc21. The number of hydrogen-bond donors (Lipinski definition) is 1. The second-order valence-corrected chi connectivity index (χ2v) is 9.09. The molecule has 1 aliphatic rings. The molecule has 1 aliphatic heterocycles. The van der Waals surface area contributed by atoms with Gasteiger partial charge in [0.25, 0.3) is 0 Å². The third-order valence-corrected chi connectivity index (χ3v) is 6.52. The molecule has 0 aliphatic carbocycles. The molecule has 0 spiro atoms.